The van der Waals surface area contributed by atoms with Crippen LogP contribution in [0.2, 0.25) is 0 Å². The molecule has 21 heavy (non-hydrogen) atoms. The summed E-state index contributed by atoms with van der Waals surface area (Å²) in [6.45, 7) is 1.62. The lowest BCUT2D eigenvalue weighted by Gasteiger charge is -2.12. The molecule has 0 bridgehead atoms. The van der Waals surface area contributed by atoms with Gasteiger partial charge in [-0.3, -0.25) is 4.98 Å². The van der Waals surface area contributed by atoms with Crippen LogP contribution >= 0.6 is 11.3 Å². The van der Waals surface area contributed by atoms with Gasteiger partial charge in [0.05, 0.1) is 6.04 Å². The molecule has 1 atom stereocenters. The zero-order valence-electron chi connectivity index (χ0n) is 10.9. The summed E-state index contributed by atoms with van der Waals surface area (Å²) in [7, 11) is -7.50. The summed E-state index contributed by atoms with van der Waals surface area (Å²) in [5, 5.41) is 5.02. The molecule has 7 nitrogen and oxygen atoms in total. The number of sulfonamides is 2. The van der Waals surface area contributed by atoms with E-state index in [1.165, 1.54) is 36.7 Å². The van der Waals surface area contributed by atoms with Gasteiger partial charge in [0.25, 0.3) is 0 Å². The first-order valence-electron chi connectivity index (χ1n) is 5.75. The standard InChI is InChI=1S/C11H13N3O4S3/c1-8(10-4-5-11(19-10)20(12,15)16)14-21(17,18)9-3-2-6-13-7-9/h2-8,14H,1H3,(H2,12,15,16). The second-order valence-corrected chi connectivity index (χ2v) is 8.85. The highest BCUT2D eigenvalue weighted by Crippen LogP contribution is 2.26. The maximum Gasteiger partial charge on any atom is 0.247 e. The highest BCUT2D eigenvalue weighted by atomic mass is 32.2. The summed E-state index contributed by atoms with van der Waals surface area (Å²) in [6, 6.07) is 5.23. The molecule has 0 amide bonds. The maximum atomic E-state index is 12.1. The Kier molecular flexibility index (Phi) is 4.44. The number of nitrogens with zero attached hydrogens (tertiary/aromatic N) is 1. The van der Waals surface area contributed by atoms with Crippen LogP contribution in [0.4, 0.5) is 0 Å². The van der Waals surface area contributed by atoms with Gasteiger partial charge in [-0.2, -0.15) is 0 Å². The van der Waals surface area contributed by atoms with Crippen molar-refractivity contribution >= 4 is 31.4 Å². The smallest absolute Gasteiger partial charge is 0.247 e. The fraction of sp³-hybridized carbons (Fsp3) is 0.182. The van der Waals surface area contributed by atoms with Crippen molar-refractivity contribution < 1.29 is 16.8 Å². The van der Waals surface area contributed by atoms with Crippen molar-refractivity contribution in [1.29, 1.82) is 0 Å². The summed E-state index contributed by atoms with van der Waals surface area (Å²) in [5.74, 6) is 0. The van der Waals surface area contributed by atoms with Gasteiger partial charge in [-0.25, -0.2) is 26.7 Å². The Hall–Kier alpha value is -1.33. The molecule has 0 aliphatic rings. The van der Waals surface area contributed by atoms with Crippen LogP contribution < -0.4 is 9.86 Å². The van der Waals surface area contributed by atoms with E-state index in [9.17, 15) is 16.8 Å². The predicted molar refractivity (Wildman–Crippen MR) is 78.7 cm³/mol. The van der Waals surface area contributed by atoms with Crippen LogP contribution in [0.25, 0.3) is 0 Å². The second kappa shape index (κ2) is 5.81. The SMILES string of the molecule is CC(NS(=O)(=O)c1cccnc1)c1ccc(S(N)(=O)=O)s1. The summed E-state index contributed by atoms with van der Waals surface area (Å²) in [5.41, 5.74) is 0. The number of primary sulfonamides is 1. The molecule has 3 N–H and O–H groups in total. The van der Waals surface area contributed by atoms with Gasteiger partial charge in [-0.1, -0.05) is 0 Å². The molecule has 1 unspecified atom stereocenters. The van der Waals surface area contributed by atoms with E-state index in [0.29, 0.717) is 4.88 Å². The van der Waals surface area contributed by atoms with Crippen molar-refractivity contribution in [2.75, 3.05) is 0 Å². The third-order valence-corrected chi connectivity index (χ3v) is 6.82. The normalized spacial score (nSPS) is 14.0. The van der Waals surface area contributed by atoms with Gasteiger partial charge < -0.3 is 0 Å². The van der Waals surface area contributed by atoms with Crippen LogP contribution in [-0.4, -0.2) is 21.8 Å². The largest absolute Gasteiger partial charge is 0.263 e. The summed E-state index contributed by atoms with van der Waals surface area (Å²) in [4.78, 5) is 4.34. The molecule has 2 aromatic rings. The van der Waals surface area contributed by atoms with Crippen LogP contribution in [0.15, 0.2) is 45.8 Å². The van der Waals surface area contributed by atoms with Crippen LogP contribution in [0.3, 0.4) is 0 Å². The van der Waals surface area contributed by atoms with E-state index < -0.39 is 26.1 Å². The van der Waals surface area contributed by atoms with Gasteiger partial charge in [0, 0.05) is 17.3 Å². The third-order valence-electron chi connectivity index (χ3n) is 2.59. The second-order valence-electron chi connectivity index (χ2n) is 4.23. The Balaban J connectivity index is 2.22. The summed E-state index contributed by atoms with van der Waals surface area (Å²) >= 11 is 0.928. The molecule has 2 rings (SSSR count). The van der Waals surface area contributed by atoms with E-state index in [1.54, 1.807) is 6.92 Å². The van der Waals surface area contributed by atoms with Crippen LogP contribution in [0.5, 0.6) is 0 Å². The molecule has 0 spiro atoms. The Morgan fingerprint density at radius 1 is 1.24 bits per heavy atom. The fourth-order valence-corrected chi connectivity index (χ4v) is 4.60. The zero-order chi connectivity index (χ0) is 15.7. The molecule has 0 saturated carbocycles. The molecule has 0 aliphatic heterocycles. The fourth-order valence-electron chi connectivity index (χ4n) is 1.58. The number of pyridine rings is 1. The lowest BCUT2D eigenvalue weighted by atomic mass is 10.3. The minimum Gasteiger partial charge on any atom is -0.263 e. The Morgan fingerprint density at radius 3 is 2.48 bits per heavy atom. The van der Waals surface area contributed by atoms with E-state index in [1.807, 2.05) is 0 Å². The Bertz CT molecular complexity index is 829. The first-order valence-corrected chi connectivity index (χ1v) is 9.59. The van der Waals surface area contributed by atoms with Crippen molar-refractivity contribution in [3.05, 3.63) is 41.5 Å². The van der Waals surface area contributed by atoms with Crippen molar-refractivity contribution in [2.45, 2.75) is 22.1 Å². The zero-order valence-corrected chi connectivity index (χ0v) is 13.4. The average Bonchev–Trinajstić information content (AvgIpc) is 2.89. The lowest BCUT2D eigenvalue weighted by Crippen LogP contribution is -2.26. The highest BCUT2D eigenvalue weighted by molar-refractivity contribution is 7.91. The van der Waals surface area contributed by atoms with Crippen LogP contribution in [0.1, 0.15) is 17.8 Å². The molecule has 0 radical (unpaired) electrons. The predicted octanol–water partition coefficient (Wildman–Crippen LogP) is 0.830. The average molecular weight is 347 g/mol. The summed E-state index contributed by atoms with van der Waals surface area (Å²) in [6.07, 6.45) is 2.71. The van der Waals surface area contributed by atoms with E-state index >= 15 is 0 Å². The van der Waals surface area contributed by atoms with Crippen LogP contribution in [-0.2, 0) is 20.0 Å². The number of hydrogen-bond acceptors (Lipinski definition) is 6. The quantitative estimate of drug-likeness (QED) is 0.830. The first kappa shape index (κ1) is 16.0. The third kappa shape index (κ3) is 3.86. The number of hydrogen-bond donors (Lipinski definition) is 2. The number of nitrogens with one attached hydrogen (secondary N) is 1. The number of nitrogens with two attached hydrogens (primary N) is 1. The molecule has 0 fully saturated rings. The van der Waals surface area contributed by atoms with Gasteiger partial charge in [0.2, 0.25) is 20.0 Å². The van der Waals surface area contributed by atoms with Crippen molar-refractivity contribution in [2.24, 2.45) is 5.14 Å². The van der Waals surface area contributed by atoms with Gasteiger partial charge in [-0.15, -0.1) is 11.3 Å². The Labute approximate surface area is 126 Å². The lowest BCUT2D eigenvalue weighted by molar-refractivity contribution is 0.568. The highest BCUT2D eigenvalue weighted by Gasteiger charge is 2.21. The summed E-state index contributed by atoms with van der Waals surface area (Å²) < 4.78 is 49.1. The maximum absolute atomic E-state index is 12.1. The van der Waals surface area contributed by atoms with Crippen LogP contribution in [0, 0.1) is 0 Å². The van der Waals surface area contributed by atoms with E-state index in [2.05, 4.69) is 9.71 Å². The minimum absolute atomic E-state index is 0.00933. The number of aromatic nitrogens is 1. The van der Waals surface area contributed by atoms with Crippen molar-refractivity contribution in [1.82, 2.24) is 9.71 Å². The molecule has 0 aromatic carbocycles. The van der Waals surface area contributed by atoms with Gasteiger partial charge in [0.15, 0.2) is 0 Å². The molecule has 10 heteroatoms. The van der Waals surface area contributed by atoms with Gasteiger partial charge in [0.1, 0.15) is 9.10 Å². The van der Waals surface area contributed by atoms with Gasteiger partial charge >= 0.3 is 0 Å². The molecule has 2 heterocycles. The molecule has 0 aliphatic carbocycles. The number of rotatable bonds is 5. The molecular weight excluding hydrogens is 334 g/mol. The first-order chi connectivity index (χ1) is 9.70. The molecule has 2 aromatic heterocycles. The molecule has 0 saturated heterocycles. The number of thiophene rings is 1. The Morgan fingerprint density at radius 2 is 1.95 bits per heavy atom. The minimum atomic E-state index is -3.78. The molecule has 114 valence electrons. The van der Waals surface area contributed by atoms with E-state index in [4.69, 9.17) is 5.14 Å². The molecular formula is C11H13N3O4S3. The van der Waals surface area contributed by atoms with Crippen molar-refractivity contribution in [3.8, 4) is 0 Å². The van der Waals surface area contributed by atoms with E-state index in [-0.39, 0.29) is 9.10 Å². The van der Waals surface area contributed by atoms with E-state index in [0.717, 1.165) is 11.3 Å². The monoisotopic (exact) mass is 347 g/mol. The topological polar surface area (TPSA) is 119 Å². The van der Waals surface area contributed by atoms with Gasteiger partial charge in [-0.05, 0) is 31.2 Å². The van der Waals surface area contributed by atoms with Crippen molar-refractivity contribution in [3.63, 3.8) is 0 Å².